The highest BCUT2D eigenvalue weighted by molar-refractivity contribution is 7.09. The van der Waals surface area contributed by atoms with Gasteiger partial charge < -0.3 is 15.5 Å². The second-order valence-corrected chi connectivity index (χ2v) is 5.98. The summed E-state index contributed by atoms with van der Waals surface area (Å²) < 4.78 is 4.32. The van der Waals surface area contributed by atoms with Gasteiger partial charge in [-0.3, -0.25) is 4.79 Å². The Hall–Kier alpha value is -2.15. The van der Waals surface area contributed by atoms with Crippen LogP contribution in [-0.4, -0.2) is 46.3 Å². The van der Waals surface area contributed by atoms with Gasteiger partial charge in [0, 0.05) is 55.4 Å². The van der Waals surface area contributed by atoms with E-state index >= 15 is 0 Å². The van der Waals surface area contributed by atoms with Crippen molar-refractivity contribution in [1.29, 1.82) is 0 Å². The molecule has 0 bridgehead atoms. The number of benzene rings is 1. The van der Waals surface area contributed by atoms with Crippen LogP contribution in [0.15, 0.2) is 24.3 Å². The molecule has 2 aromatic rings. The standard InChI is InChI=1S/C15H19N5OS/c1-2-13-17-15(22-18-13)20-8-6-19(7-9-20)14(21)11-4-3-5-12(16)10-11/h3-5,10H,2,6-9,16H2,1H3. The number of hydrogen-bond acceptors (Lipinski definition) is 6. The average molecular weight is 317 g/mol. The number of nitrogen functional groups attached to an aromatic ring is 1. The predicted octanol–water partition coefficient (Wildman–Crippen LogP) is 1.65. The monoisotopic (exact) mass is 317 g/mol. The van der Waals surface area contributed by atoms with Gasteiger partial charge in [0.2, 0.25) is 5.13 Å². The highest BCUT2D eigenvalue weighted by Gasteiger charge is 2.24. The molecule has 116 valence electrons. The van der Waals surface area contributed by atoms with E-state index in [9.17, 15) is 4.79 Å². The van der Waals surface area contributed by atoms with E-state index in [0.29, 0.717) is 24.3 Å². The van der Waals surface area contributed by atoms with Crippen molar-refractivity contribution in [3.63, 3.8) is 0 Å². The number of anilines is 2. The quantitative estimate of drug-likeness (QED) is 0.871. The van der Waals surface area contributed by atoms with Crippen LogP contribution >= 0.6 is 11.5 Å². The molecule has 1 fully saturated rings. The number of nitrogens with zero attached hydrogens (tertiary/aromatic N) is 4. The molecule has 1 aromatic carbocycles. The number of piperazine rings is 1. The minimum atomic E-state index is 0.0402. The molecule has 1 amide bonds. The van der Waals surface area contributed by atoms with E-state index in [4.69, 9.17) is 5.73 Å². The fraction of sp³-hybridized carbons (Fsp3) is 0.400. The summed E-state index contributed by atoms with van der Waals surface area (Å²) in [7, 11) is 0. The van der Waals surface area contributed by atoms with Gasteiger partial charge in [-0.05, 0) is 18.2 Å². The first-order valence-corrected chi connectivity index (χ1v) is 8.17. The number of carbonyl (C=O) groups excluding carboxylic acids is 1. The van der Waals surface area contributed by atoms with Gasteiger partial charge >= 0.3 is 0 Å². The van der Waals surface area contributed by atoms with E-state index in [0.717, 1.165) is 30.5 Å². The second-order valence-electron chi connectivity index (χ2n) is 5.25. The third kappa shape index (κ3) is 3.04. The smallest absolute Gasteiger partial charge is 0.254 e. The minimum absolute atomic E-state index is 0.0402. The zero-order chi connectivity index (χ0) is 15.5. The number of nitrogens with two attached hydrogens (primary N) is 1. The van der Waals surface area contributed by atoms with E-state index in [-0.39, 0.29) is 5.91 Å². The normalized spacial score (nSPS) is 15.1. The number of hydrogen-bond donors (Lipinski definition) is 1. The topological polar surface area (TPSA) is 75.4 Å². The highest BCUT2D eigenvalue weighted by atomic mass is 32.1. The van der Waals surface area contributed by atoms with Crippen molar-refractivity contribution in [1.82, 2.24) is 14.3 Å². The molecule has 0 radical (unpaired) electrons. The average Bonchev–Trinajstić information content (AvgIpc) is 3.03. The van der Waals surface area contributed by atoms with Crippen LogP contribution in [0.25, 0.3) is 0 Å². The van der Waals surface area contributed by atoms with Crippen molar-refractivity contribution in [3.05, 3.63) is 35.7 Å². The third-order valence-corrected chi connectivity index (χ3v) is 4.56. The fourth-order valence-corrected chi connectivity index (χ4v) is 3.27. The second kappa shape index (κ2) is 6.31. The Balaban J connectivity index is 1.62. The van der Waals surface area contributed by atoms with Crippen molar-refractivity contribution >= 4 is 28.3 Å². The molecule has 1 aromatic heterocycles. The van der Waals surface area contributed by atoms with Gasteiger partial charge in [0.15, 0.2) is 0 Å². The molecule has 0 aliphatic carbocycles. The number of aryl methyl sites for hydroxylation is 1. The Bertz CT molecular complexity index is 663. The van der Waals surface area contributed by atoms with Gasteiger partial charge in [0.05, 0.1) is 0 Å². The molecule has 1 aliphatic rings. The molecular formula is C15H19N5OS. The van der Waals surface area contributed by atoms with Crippen LogP contribution in [0.4, 0.5) is 10.8 Å². The molecule has 2 heterocycles. The Labute approximate surface area is 133 Å². The van der Waals surface area contributed by atoms with Crippen LogP contribution < -0.4 is 10.6 Å². The summed E-state index contributed by atoms with van der Waals surface area (Å²) in [5, 5.41) is 0.952. The van der Waals surface area contributed by atoms with Gasteiger partial charge in [0.25, 0.3) is 5.91 Å². The van der Waals surface area contributed by atoms with Crippen LogP contribution in [-0.2, 0) is 6.42 Å². The SMILES string of the molecule is CCc1nsc(N2CCN(C(=O)c3cccc(N)c3)CC2)n1. The van der Waals surface area contributed by atoms with Crippen LogP contribution in [0.5, 0.6) is 0 Å². The van der Waals surface area contributed by atoms with E-state index in [1.165, 1.54) is 11.5 Å². The molecule has 0 spiro atoms. The fourth-order valence-electron chi connectivity index (χ4n) is 2.47. The number of carbonyl (C=O) groups is 1. The zero-order valence-corrected chi connectivity index (χ0v) is 13.3. The van der Waals surface area contributed by atoms with Crippen LogP contribution in [0.1, 0.15) is 23.1 Å². The van der Waals surface area contributed by atoms with Crippen molar-refractivity contribution in [2.24, 2.45) is 0 Å². The molecule has 1 saturated heterocycles. The van der Waals surface area contributed by atoms with E-state index in [2.05, 4.69) is 14.3 Å². The van der Waals surface area contributed by atoms with Gasteiger partial charge in [0.1, 0.15) is 5.82 Å². The number of rotatable bonds is 3. The van der Waals surface area contributed by atoms with Crippen molar-refractivity contribution in [2.45, 2.75) is 13.3 Å². The van der Waals surface area contributed by atoms with Gasteiger partial charge in [-0.15, -0.1) is 0 Å². The highest BCUT2D eigenvalue weighted by Crippen LogP contribution is 2.20. The largest absolute Gasteiger partial charge is 0.399 e. The Morgan fingerprint density at radius 2 is 2.09 bits per heavy atom. The Morgan fingerprint density at radius 3 is 2.73 bits per heavy atom. The molecule has 6 nitrogen and oxygen atoms in total. The number of amides is 1. The van der Waals surface area contributed by atoms with Crippen LogP contribution in [0.3, 0.4) is 0 Å². The number of aromatic nitrogens is 2. The van der Waals surface area contributed by atoms with Gasteiger partial charge in [-0.1, -0.05) is 13.0 Å². The Morgan fingerprint density at radius 1 is 1.32 bits per heavy atom. The molecule has 0 unspecified atom stereocenters. The van der Waals surface area contributed by atoms with Crippen molar-refractivity contribution < 1.29 is 4.79 Å². The lowest BCUT2D eigenvalue weighted by molar-refractivity contribution is 0.0747. The lowest BCUT2D eigenvalue weighted by Crippen LogP contribution is -2.48. The Kier molecular flexibility index (Phi) is 4.24. The van der Waals surface area contributed by atoms with E-state index < -0.39 is 0 Å². The summed E-state index contributed by atoms with van der Waals surface area (Å²) in [5.41, 5.74) is 7.01. The molecule has 0 atom stereocenters. The molecular weight excluding hydrogens is 298 g/mol. The summed E-state index contributed by atoms with van der Waals surface area (Å²) in [6.07, 6.45) is 0.852. The summed E-state index contributed by atoms with van der Waals surface area (Å²) in [4.78, 5) is 21.0. The van der Waals surface area contributed by atoms with Crippen molar-refractivity contribution in [3.8, 4) is 0 Å². The van der Waals surface area contributed by atoms with Gasteiger partial charge in [-0.2, -0.15) is 4.37 Å². The minimum Gasteiger partial charge on any atom is -0.399 e. The maximum atomic E-state index is 12.5. The predicted molar refractivity (Wildman–Crippen MR) is 88.3 cm³/mol. The van der Waals surface area contributed by atoms with Crippen molar-refractivity contribution in [2.75, 3.05) is 36.8 Å². The van der Waals surface area contributed by atoms with Crippen LogP contribution in [0.2, 0.25) is 0 Å². The molecule has 2 N–H and O–H groups in total. The van der Waals surface area contributed by atoms with Gasteiger partial charge in [-0.25, -0.2) is 4.98 Å². The molecule has 0 saturated carbocycles. The summed E-state index contributed by atoms with van der Waals surface area (Å²) in [5.74, 6) is 0.928. The van der Waals surface area contributed by atoms with E-state index in [1.807, 2.05) is 24.0 Å². The first-order valence-electron chi connectivity index (χ1n) is 7.39. The zero-order valence-electron chi connectivity index (χ0n) is 12.5. The maximum absolute atomic E-state index is 12.5. The molecule has 1 aliphatic heterocycles. The first-order chi connectivity index (χ1) is 10.7. The van der Waals surface area contributed by atoms with Crippen LogP contribution in [0, 0.1) is 0 Å². The third-order valence-electron chi connectivity index (χ3n) is 3.74. The summed E-state index contributed by atoms with van der Waals surface area (Å²) in [6, 6.07) is 7.14. The summed E-state index contributed by atoms with van der Waals surface area (Å²) >= 11 is 1.43. The molecule has 22 heavy (non-hydrogen) atoms. The molecule has 7 heteroatoms. The lowest BCUT2D eigenvalue weighted by Gasteiger charge is -2.34. The molecule has 3 rings (SSSR count). The summed E-state index contributed by atoms with van der Waals surface area (Å²) in [6.45, 7) is 5.00. The first kappa shape index (κ1) is 14.8. The lowest BCUT2D eigenvalue weighted by atomic mass is 10.1. The maximum Gasteiger partial charge on any atom is 0.254 e. The van der Waals surface area contributed by atoms with E-state index in [1.54, 1.807) is 12.1 Å².